The second kappa shape index (κ2) is 6.15. The maximum absolute atomic E-state index is 12.1. The quantitative estimate of drug-likeness (QED) is 0.571. The number of nitrogens with one attached hydrogen (secondary N) is 2. The van der Waals surface area contributed by atoms with Crippen LogP contribution in [0.1, 0.15) is 11.4 Å². The molecular weight excluding hydrogens is 298 g/mol. The number of carbonyl (C=O) groups excluding carboxylic acids is 1. The van der Waals surface area contributed by atoms with Crippen LogP contribution in [0.15, 0.2) is 35.7 Å². The number of fused-ring (bicyclic) bond motifs is 1. The SMILES string of the molecule is Cc1cc(C)nc(SCC(=O)Nc2cccc3[nH]cnc23)n1. The molecule has 0 bridgehead atoms. The zero-order valence-corrected chi connectivity index (χ0v) is 13.1. The molecular formula is C15H15N5OS. The fourth-order valence-electron chi connectivity index (χ4n) is 2.14. The Balaban J connectivity index is 1.66. The predicted molar refractivity (Wildman–Crippen MR) is 87.0 cm³/mol. The number of anilines is 1. The molecule has 0 aliphatic carbocycles. The first-order chi connectivity index (χ1) is 10.6. The summed E-state index contributed by atoms with van der Waals surface area (Å²) in [6, 6.07) is 7.52. The van der Waals surface area contributed by atoms with Crippen molar-refractivity contribution >= 4 is 34.4 Å². The van der Waals surface area contributed by atoms with Crippen molar-refractivity contribution in [2.24, 2.45) is 0 Å². The monoisotopic (exact) mass is 313 g/mol. The number of para-hydroxylation sites is 1. The number of carbonyl (C=O) groups is 1. The Hall–Kier alpha value is -2.41. The largest absolute Gasteiger partial charge is 0.345 e. The number of thioether (sulfide) groups is 1. The van der Waals surface area contributed by atoms with E-state index < -0.39 is 0 Å². The van der Waals surface area contributed by atoms with Gasteiger partial charge in [-0.05, 0) is 32.0 Å². The van der Waals surface area contributed by atoms with Crippen molar-refractivity contribution in [3.63, 3.8) is 0 Å². The molecule has 7 heteroatoms. The predicted octanol–water partition coefficient (Wildman–Crippen LogP) is 2.70. The Kier molecular flexibility index (Phi) is 4.06. The van der Waals surface area contributed by atoms with Crippen LogP contribution in [0, 0.1) is 13.8 Å². The first-order valence-corrected chi connectivity index (χ1v) is 7.77. The summed E-state index contributed by atoms with van der Waals surface area (Å²) in [6.45, 7) is 3.83. The molecule has 0 aliphatic heterocycles. The number of imidazole rings is 1. The number of rotatable bonds is 4. The third-order valence-electron chi connectivity index (χ3n) is 3.02. The van der Waals surface area contributed by atoms with Crippen molar-refractivity contribution in [2.75, 3.05) is 11.1 Å². The van der Waals surface area contributed by atoms with E-state index in [0.717, 1.165) is 22.4 Å². The van der Waals surface area contributed by atoms with E-state index in [1.807, 2.05) is 38.1 Å². The van der Waals surface area contributed by atoms with Gasteiger partial charge in [0.25, 0.3) is 0 Å². The zero-order valence-electron chi connectivity index (χ0n) is 12.3. The Morgan fingerprint density at radius 2 is 2.05 bits per heavy atom. The minimum absolute atomic E-state index is 0.108. The van der Waals surface area contributed by atoms with E-state index in [2.05, 4.69) is 25.3 Å². The fraction of sp³-hybridized carbons (Fsp3) is 0.200. The van der Waals surface area contributed by atoms with E-state index in [1.54, 1.807) is 6.33 Å². The molecule has 2 N–H and O–H groups in total. The molecule has 3 aromatic rings. The molecule has 0 radical (unpaired) electrons. The lowest BCUT2D eigenvalue weighted by Crippen LogP contribution is -2.14. The van der Waals surface area contributed by atoms with Crippen LogP contribution in [-0.2, 0) is 4.79 Å². The first kappa shape index (κ1) is 14.5. The van der Waals surface area contributed by atoms with Crippen LogP contribution >= 0.6 is 11.8 Å². The standard InChI is InChI=1S/C15H15N5OS/c1-9-6-10(2)19-15(18-9)22-7-13(21)20-12-5-3-4-11-14(12)17-8-16-11/h3-6,8H,7H2,1-2H3,(H,16,17)(H,20,21). The van der Waals surface area contributed by atoms with Gasteiger partial charge < -0.3 is 10.3 Å². The van der Waals surface area contributed by atoms with E-state index in [0.29, 0.717) is 10.8 Å². The summed E-state index contributed by atoms with van der Waals surface area (Å²) in [7, 11) is 0. The molecule has 0 saturated heterocycles. The minimum atomic E-state index is -0.108. The summed E-state index contributed by atoms with van der Waals surface area (Å²) in [6.07, 6.45) is 1.61. The summed E-state index contributed by atoms with van der Waals surface area (Å²) in [5.41, 5.74) is 4.14. The van der Waals surface area contributed by atoms with Crippen LogP contribution in [0.4, 0.5) is 5.69 Å². The van der Waals surface area contributed by atoms with Gasteiger partial charge in [-0.2, -0.15) is 0 Å². The van der Waals surface area contributed by atoms with Crippen LogP contribution in [0.25, 0.3) is 11.0 Å². The van der Waals surface area contributed by atoms with E-state index in [1.165, 1.54) is 11.8 Å². The molecule has 0 saturated carbocycles. The van der Waals surface area contributed by atoms with Crippen molar-refractivity contribution in [2.45, 2.75) is 19.0 Å². The molecule has 1 amide bonds. The van der Waals surface area contributed by atoms with Gasteiger partial charge in [0.05, 0.1) is 23.3 Å². The highest BCUT2D eigenvalue weighted by Crippen LogP contribution is 2.20. The van der Waals surface area contributed by atoms with Gasteiger partial charge in [0.2, 0.25) is 5.91 Å². The van der Waals surface area contributed by atoms with Gasteiger partial charge in [-0.1, -0.05) is 17.8 Å². The van der Waals surface area contributed by atoms with Crippen LogP contribution in [0.2, 0.25) is 0 Å². The van der Waals surface area contributed by atoms with E-state index >= 15 is 0 Å². The molecule has 3 rings (SSSR count). The summed E-state index contributed by atoms with van der Waals surface area (Å²) in [5.74, 6) is 0.146. The smallest absolute Gasteiger partial charge is 0.234 e. The molecule has 0 fully saturated rings. The van der Waals surface area contributed by atoms with Gasteiger partial charge in [-0.25, -0.2) is 15.0 Å². The lowest BCUT2D eigenvalue weighted by molar-refractivity contribution is -0.113. The number of nitrogens with zero attached hydrogens (tertiary/aromatic N) is 3. The summed E-state index contributed by atoms with van der Waals surface area (Å²) in [5, 5.41) is 3.49. The zero-order chi connectivity index (χ0) is 15.5. The second-order valence-electron chi connectivity index (χ2n) is 4.87. The Labute approximate surface area is 131 Å². The molecule has 22 heavy (non-hydrogen) atoms. The number of amides is 1. The summed E-state index contributed by atoms with van der Waals surface area (Å²) < 4.78 is 0. The summed E-state index contributed by atoms with van der Waals surface area (Å²) >= 11 is 1.32. The number of aryl methyl sites for hydroxylation is 2. The maximum Gasteiger partial charge on any atom is 0.234 e. The highest BCUT2D eigenvalue weighted by atomic mass is 32.2. The molecule has 0 atom stereocenters. The van der Waals surface area contributed by atoms with E-state index in [9.17, 15) is 4.79 Å². The Morgan fingerprint density at radius 1 is 1.27 bits per heavy atom. The number of hydrogen-bond donors (Lipinski definition) is 2. The van der Waals surface area contributed by atoms with Gasteiger partial charge in [0.15, 0.2) is 5.16 Å². The third-order valence-corrected chi connectivity index (χ3v) is 3.87. The summed E-state index contributed by atoms with van der Waals surface area (Å²) in [4.78, 5) is 27.9. The lowest BCUT2D eigenvalue weighted by atomic mass is 10.2. The van der Waals surface area contributed by atoms with E-state index in [-0.39, 0.29) is 11.7 Å². The van der Waals surface area contributed by atoms with Crippen molar-refractivity contribution in [1.82, 2.24) is 19.9 Å². The molecule has 0 spiro atoms. The van der Waals surface area contributed by atoms with Gasteiger partial charge in [-0.3, -0.25) is 4.79 Å². The molecule has 2 aromatic heterocycles. The van der Waals surface area contributed by atoms with Gasteiger partial charge >= 0.3 is 0 Å². The highest BCUT2D eigenvalue weighted by molar-refractivity contribution is 7.99. The van der Waals surface area contributed by atoms with Gasteiger partial charge in [0.1, 0.15) is 5.52 Å². The number of hydrogen-bond acceptors (Lipinski definition) is 5. The number of aromatic amines is 1. The maximum atomic E-state index is 12.1. The van der Waals surface area contributed by atoms with Crippen LogP contribution in [-0.4, -0.2) is 31.6 Å². The average molecular weight is 313 g/mol. The van der Waals surface area contributed by atoms with Crippen molar-refractivity contribution in [1.29, 1.82) is 0 Å². The van der Waals surface area contributed by atoms with Gasteiger partial charge in [0, 0.05) is 11.4 Å². The molecule has 0 unspecified atom stereocenters. The Morgan fingerprint density at radius 3 is 2.82 bits per heavy atom. The molecule has 112 valence electrons. The van der Waals surface area contributed by atoms with Crippen molar-refractivity contribution < 1.29 is 4.79 Å². The third kappa shape index (κ3) is 3.25. The van der Waals surface area contributed by atoms with Crippen LogP contribution < -0.4 is 5.32 Å². The van der Waals surface area contributed by atoms with Crippen LogP contribution in [0.3, 0.4) is 0 Å². The Bertz CT molecular complexity index is 809. The first-order valence-electron chi connectivity index (χ1n) is 6.79. The number of benzene rings is 1. The molecule has 0 aliphatic rings. The molecule has 1 aromatic carbocycles. The van der Waals surface area contributed by atoms with Gasteiger partial charge in [-0.15, -0.1) is 0 Å². The van der Waals surface area contributed by atoms with E-state index in [4.69, 9.17) is 0 Å². The van der Waals surface area contributed by atoms with Crippen molar-refractivity contribution in [3.8, 4) is 0 Å². The highest BCUT2D eigenvalue weighted by Gasteiger charge is 2.09. The molecule has 6 nitrogen and oxygen atoms in total. The number of H-pyrrole nitrogens is 1. The topological polar surface area (TPSA) is 83.6 Å². The second-order valence-corrected chi connectivity index (χ2v) is 5.82. The lowest BCUT2D eigenvalue weighted by Gasteiger charge is -2.06. The fourth-order valence-corrected chi connectivity index (χ4v) is 2.89. The number of aromatic nitrogens is 4. The molecule has 2 heterocycles. The normalized spacial score (nSPS) is 10.8. The minimum Gasteiger partial charge on any atom is -0.345 e. The average Bonchev–Trinajstić information content (AvgIpc) is 2.94. The van der Waals surface area contributed by atoms with Crippen molar-refractivity contribution in [3.05, 3.63) is 42.0 Å². The van der Waals surface area contributed by atoms with Crippen LogP contribution in [0.5, 0.6) is 0 Å².